The lowest BCUT2D eigenvalue weighted by Gasteiger charge is -2.30. The number of likely N-dealkylation sites (tertiary alicyclic amines) is 1. The van der Waals surface area contributed by atoms with E-state index in [1.165, 1.54) is 11.3 Å². The Balaban J connectivity index is 2.02. The van der Waals surface area contributed by atoms with Crippen molar-refractivity contribution < 1.29 is 9.90 Å². The summed E-state index contributed by atoms with van der Waals surface area (Å²) in [5.74, 6) is 0.339. The van der Waals surface area contributed by atoms with Crippen LogP contribution in [0.1, 0.15) is 26.5 Å². The van der Waals surface area contributed by atoms with E-state index >= 15 is 0 Å². The number of amides is 1. The van der Waals surface area contributed by atoms with E-state index in [2.05, 4.69) is 4.98 Å². The minimum Gasteiger partial charge on any atom is -0.387 e. The number of carbonyl (C=O) groups excluding carboxylic acids is 1. The lowest BCUT2D eigenvalue weighted by Crippen LogP contribution is -2.43. The molecule has 100 valence electrons. The number of β-amino-alcohol motifs (C(OH)–C–C–N with tert-alkyl or cyclic N) is 1. The first kappa shape index (κ1) is 13.5. The summed E-state index contributed by atoms with van der Waals surface area (Å²) in [5, 5.41) is 12.5. The standard InChI is InChI=1S/C13H20N2O2S/c1-9(2)13(17)7-15(5-10(13)3)12(16)4-11-6-18-8-14-11/h6,8-10,17H,4-5,7H2,1-3H3/t10-,13-/m1/s1. The van der Waals surface area contributed by atoms with Gasteiger partial charge in [0, 0.05) is 24.4 Å². The molecule has 1 aliphatic heterocycles. The molecule has 0 unspecified atom stereocenters. The molecule has 0 bridgehead atoms. The summed E-state index contributed by atoms with van der Waals surface area (Å²) in [7, 11) is 0. The molecule has 1 N–H and O–H groups in total. The van der Waals surface area contributed by atoms with Gasteiger partial charge >= 0.3 is 0 Å². The molecule has 1 saturated heterocycles. The molecular formula is C13H20N2O2S. The van der Waals surface area contributed by atoms with Gasteiger partial charge in [-0.1, -0.05) is 20.8 Å². The van der Waals surface area contributed by atoms with Crippen LogP contribution in [-0.4, -0.2) is 39.6 Å². The fourth-order valence-corrected chi connectivity index (χ4v) is 3.11. The highest BCUT2D eigenvalue weighted by Gasteiger charge is 2.46. The lowest BCUT2D eigenvalue weighted by atomic mass is 9.82. The number of hydrogen-bond donors (Lipinski definition) is 1. The van der Waals surface area contributed by atoms with Crippen LogP contribution in [0, 0.1) is 11.8 Å². The maximum absolute atomic E-state index is 12.1. The van der Waals surface area contributed by atoms with Crippen molar-refractivity contribution in [3.63, 3.8) is 0 Å². The van der Waals surface area contributed by atoms with E-state index < -0.39 is 5.60 Å². The maximum Gasteiger partial charge on any atom is 0.228 e. The van der Waals surface area contributed by atoms with Crippen LogP contribution in [0.5, 0.6) is 0 Å². The molecule has 0 saturated carbocycles. The Morgan fingerprint density at radius 2 is 2.44 bits per heavy atom. The van der Waals surface area contributed by atoms with Crippen molar-refractivity contribution in [2.75, 3.05) is 13.1 Å². The van der Waals surface area contributed by atoms with Crippen LogP contribution < -0.4 is 0 Å². The monoisotopic (exact) mass is 268 g/mol. The fraction of sp³-hybridized carbons (Fsp3) is 0.692. The van der Waals surface area contributed by atoms with Crippen molar-refractivity contribution in [1.82, 2.24) is 9.88 Å². The van der Waals surface area contributed by atoms with Crippen molar-refractivity contribution >= 4 is 17.2 Å². The van der Waals surface area contributed by atoms with Gasteiger partial charge in [-0.15, -0.1) is 11.3 Å². The summed E-state index contributed by atoms with van der Waals surface area (Å²) in [4.78, 5) is 18.0. The van der Waals surface area contributed by atoms with Gasteiger partial charge in [0.05, 0.1) is 23.2 Å². The largest absolute Gasteiger partial charge is 0.387 e. The Labute approximate surface area is 112 Å². The summed E-state index contributed by atoms with van der Waals surface area (Å²) in [5.41, 5.74) is 1.80. The van der Waals surface area contributed by atoms with Gasteiger partial charge < -0.3 is 10.0 Å². The normalized spacial score (nSPS) is 28.1. The highest BCUT2D eigenvalue weighted by molar-refractivity contribution is 7.07. The lowest BCUT2D eigenvalue weighted by molar-refractivity contribution is -0.130. The van der Waals surface area contributed by atoms with E-state index in [1.54, 1.807) is 10.4 Å². The molecule has 1 aliphatic rings. The molecule has 2 atom stereocenters. The minimum absolute atomic E-state index is 0.0596. The van der Waals surface area contributed by atoms with Gasteiger partial charge in [-0.25, -0.2) is 4.98 Å². The number of nitrogens with zero attached hydrogens (tertiary/aromatic N) is 2. The highest BCUT2D eigenvalue weighted by Crippen LogP contribution is 2.34. The van der Waals surface area contributed by atoms with Gasteiger partial charge in [0.25, 0.3) is 0 Å². The van der Waals surface area contributed by atoms with E-state index in [1.807, 2.05) is 26.2 Å². The molecule has 0 radical (unpaired) electrons. The number of aromatic nitrogens is 1. The van der Waals surface area contributed by atoms with E-state index in [0.717, 1.165) is 5.69 Å². The van der Waals surface area contributed by atoms with E-state index in [-0.39, 0.29) is 17.7 Å². The predicted molar refractivity (Wildman–Crippen MR) is 71.3 cm³/mol. The van der Waals surface area contributed by atoms with Crippen molar-refractivity contribution in [3.8, 4) is 0 Å². The molecule has 0 aliphatic carbocycles. The van der Waals surface area contributed by atoms with Gasteiger partial charge in [0.1, 0.15) is 0 Å². The van der Waals surface area contributed by atoms with Crippen LogP contribution in [0.3, 0.4) is 0 Å². The molecule has 2 rings (SSSR count). The highest BCUT2D eigenvalue weighted by atomic mass is 32.1. The third-order valence-corrected chi connectivity index (χ3v) is 4.60. The van der Waals surface area contributed by atoms with Gasteiger partial charge in [-0.2, -0.15) is 0 Å². The van der Waals surface area contributed by atoms with Gasteiger partial charge in [-0.05, 0) is 5.92 Å². The van der Waals surface area contributed by atoms with Crippen LogP contribution in [0.25, 0.3) is 0 Å². The van der Waals surface area contributed by atoms with E-state index in [0.29, 0.717) is 19.5 Å². The number of rotatable bonds is 3. The molecule has 4 nitrogen and oxygen atoms in total. The second-order valence-electron chi connectivity index (χ2n) is 5.48. The maximum atomic E-state index is 12.1. The summed E-state index contributed by atoms with van der Waals surface area (Å²) < 4.78 is 0. The second kappa shape index (κ2) is 4.97. The average Bonchev–Trinajstić information content (AvgIpc) is 2.89. The number of thiazole rings is 1. The zero-order valence-corrected chi connectivity index (χ0v) is 11.9. The molecule has 2 heterocycles. The first-order valence-electron chi connectivity index (χ1n) is 6.30. The Morgan fingerprint density at radius 3 is 2.94 bits per heavy atom. The predicted octanol–water partition coefficient (Wildman–Crippen LogP) is 1.55. The molecule has 1 aromatic rings. The summed E-state index contributed by atoms with van der Waals surface area (Å²) in [6.07, 6.45) is 0.338. The van der Waals surface area contributed by atoms with Gasteiger partial charge in [0.15, 0.2) is 0 Å². The fourth-order valence-electron chi connectivity index (χ4n) is 2.55. The average molecular weight is 268 g/mol. The number of aliphatic hydroxyl groups is 1. The minimum atomic E-state index is -0.752. The van der Waals surface area contributed by atoms with Crippen molar-refractivity contribution in [2.24, 2.45) is 11.8 Å². The zero-order chi connectivity index (χ0) is 13.3. The van der Waals surface area contributed by atoms with Crippen LogP contribution >= 0.6 is 11.3 Å². The van der Waals surface area contributed by atoms with E-state index in [9.17, 15) is 9.90 Å². The molecule has 0 spiro atoms. The molecule has 18 heavy (non-hydrogen) atoms. The van der Waals surface area contributed by atoms with Crippen LogP contribution in [-0.2, 0) is 11.2 Å². The SMILES string of the molecule is CC(C)[C@]1(O)CN(C(=O)Cc2cscn2)C[C@H]1C. The Bertz CT molecular complexity index is 419. The zero-order valence-electron chi connectivity index (χ0n) is 11.1. The number of carbonyl (C=O) groups is 1. The van der Waals surface area contributed by atoms with E-state index in [4.69, 9.17) is 0 Å². The first-order chi connectivity index (χ1) is 8.43. The van der Waals surface area contributed by atoms with Crippen molar-refractivity contribution in [2.45, 2.75) is 32.8 Å². The molecular weight excluding hydrogens is 248 g/mol. The summed E-state index contributed by atoms with van der Waals surface area (Å²) in [6.45, 7) is 7.10. The molecule has 1 amide bonds. The molecule has 5 heteroatoms. The molecule has 1 aromatic heterocycles. The van der Waals surface area contributed by atoms with Crippen LogP contribution in [0.2, 0.25) is 0 Å². The van der Waals surface area contributed by atoms with Crippen LogP contribution in [0.4, 0.5) is 0 Å². The Kier molecular flexibility index (Phi) is 3.73. The summed E-state index contributed by atoms with van der Waals surface area (Å²) >= 11 is 1.50. The third kappa shape index (κ3) is 2.42. The van der Waals surface area contributed by atoms with Gasteiger partial charge in [0.2, 0.25) is 5.91 Å². The van der Waals surface area contributed by atoms with Crippen molar-refractivity contribution in [3.05, 3.63) is 16.6 Å². The van der Waals surface area contributed by atoms with Crippen molar-refractivity contribution in [1.29, 1.82) is 0 Å². The molecule has 1 fully saturated rings. The quantitative estimate of drug-likeness (QED) is 0.905. The molecule has 0 aromatic carbocycles. The first-order valence-corrected chi connectivity index (χ1v) is 7.25. The summed E-state index contributed by atoms with van der Waals surface area (Å²) in [6, 6.07) is 0. The second-order valence-corrected chi connectivity index (χ2v) is 6.20. The smallest absolute Gasteiger partial charge is 0.228 e. The van der Waals surface area contributed by atoms with Crippen LogP contribution in [0.15, 0.2) is 10.9 Å². The topological polar surface area (TPSA) is 53.4 Å². The van der Waals surface area contributed by atoms with Gasteiger partial charge in [-0.3, -0.25) is 4.79 Å². The Morgan fingerprint density at radius 1 is 1.72 bits per heavy atom. The third-order valence-electron chi connectivity index (χ3n) is 3.96. The number of hydrogen-bond acceptors (Lipinski definition) is 4. The Hall–Kier alpha value is -0.940.